The highest BCUT2D eigenvalue weighted by atomic mass is 16.6. The quantitative estimate of drug-likeness (QED) is 0.484. The van der Waals surface area contributed by atoms with Gasteiger partial charge in [0.05, 0.1) is 11.5 Å². The van der Waals surface area contributed by atoms with E-state index in [1.165, 1.54) is 12.8 Å². The number of aromatic nitrogens is 2. The molecule has 0 aliphatic rings. The van der Waals surface area contributed by atoms with Crippen molar-refractivity contribution in [3.05, 3.63) is 56.9 Å². The molecule has 7 nitrogen and oxygen atoms in total. The van der Waals surface area contributed by atoms with Crippen LogP contribution in [0, 0.1) is 29.9 Å². The van der Waals surface area contributed by atoms with Gasteiger partial charge in [0.2, 0.25) is 0 Å². The molecule has 0 spiro atoms. The van der Waals surface area contributed by atoms with Crippen LogP contribution in [0.15, 0.2) is 24.3 Å². The molecule has 152 valence electrons. The molecule has 0 fully saturated rings. The van der Waals surface area contributed by atoms with E-state index in [1.807, 2.05) is 12.1 Å². The third-order valence-electron chi connectivity index (χ3n) is 5.17. The fourth-order valence-electron chi connectivity index (χ4n) is 3.32. The van der Waals surface area contributed by atoms with Crippen LogP contribution in [0.5, 0.6) is 0 Å². The first kappa shape index (κ1) is 21.6. The molecule has 2 aromatic rings. The maximum absolute atomic E-state index is 12.4. The van der Waals surface area contributed by atoms with Gasteiger partial charge in [-0.1, -0.05) is 45.2 Å². The van der Waals surface area contributed by atoms with Gasteiger partial charge in [-0.2, -0.15) is 5.10 Å². The van der Waals surface area contributed by atoms with E-state index in [9.17, 15) is 14.9 Å². The van der Waals surface area contributed by atoms with Crippen molar-refractivity contribution in [3.63, 3.8) is 0 Å². The molecule has 2 rings (SSSR count). The zero-order valence-corrected chi connectivity index (χ0v) is 17.2. The van der Waals surface area contributed by atoms with Crippen molar-refractivity contribution < 1.29 is 9.72 Å². The molecule has 1 amide bonds. The Kier molecular flexibility index (Phi) is 7.72. The molecule has 28 heavy (non-hydrogen) atoms. The summed E-state index contributed by atoms with van der Waals surface area (Å²) in [6.45, 7) is 8.80. The monoisotopic (exact) mass is 386 g/mol. The average molecular weight is 386 g/mol. The molecule has 0 aliphatic heterocycles. The normalized spacial score (nSPS) is 12.0. The third kappa shape index (κ3) is 5.41. The van der Waals surface area contributed by atoms with E-state index in [0.29, 0.717) is 36.0 Å². The lowest BCUT2D eigenvalue weighted by Crippen LogP contribution is -2.29. The highest BCUT2D eigenvalue weighted by Crippen LogP contribution is 2.22. The van der Waals surface area contributed by atoms with Crippen molar-refractivity contribution >= 4 is 11.6 Å². The summed E-state index contributed by atoms with van der Waals surface area (Å²) in [7, 11) is 0. The van der Waals surface area contributed by atoms with Crippen LogP contribution in [0.2, 0.25) is 0 Å². The molecule has 1 unspecified atom stereocenters. The van der Waals surface area contributed by atoms with Gasteiger partial charge in [-0.25, -0.2) is 0 Å². The molecule has 1 N–H and O–H groups in total. The molecule has 1 aromatic carbocycles. The number of nitrogens with one attached hydrogen (secondary N) is 1. The molecule has 1 heterocycles. The Hall–Kier alpha value is -2.70. The van der Waals surface area contributed by atoms with Crippen molar-refractivity contribution in [1.29, 1.82) is 0 Å². The van der Waals surface area contributed by atoms with Gasteiger partial charge in [-0.05, 0) is 43.9 Å². The number of carbonyl (C=O) groups is 1. The number of hydrogen-bond donors (Lipinski definition) is 1. The summed E-state index contributed by atoms with van der Waals surface area (Å²) in [6, 6.07) is 7.31. The first-order valence-corrected chi connectivity index (χ1v) is 9.92. The van der Waals surface area contributed by atoms with Gasteiger partial charge >= 0.3 is 5.69 Å². The van der Waals surface area contributed by atoms with Gasteiger partial charge < -0.3 is 5.32 Å². The van der Waals surface area contributed by atoms with Gasteiger partial charge in [0.15, 0.2) is 0 Å². The average Bonchev–Trinajstić information content (AvgIpc) is 2.95. The summed E-state index contributed by atoms with van der Waals surface area (Å²) < 4.78 is 1.63. The van der Waals surface area contributed by atoms with E-state index >= 15 is 0 Å². The number of aryl methyl sites for hydroxylation is 1. The summed E-state index contributed by atoms with van der Waals surface area (Å²) in [5, 5.41) is 18.4. The summed E-state index contributed by atoms with van der Waals surface area (Å²) in [5.74, 6) is 0.452. The minimum atomic E-state index is -0.397. The van der Waals surface area contributed by atoms with Crippen LogP contribution in [0.25, 0.3) is 0 Å². The lowest BCUT2D eigenvalue weighted by molar-refractivity contribution is -0.386. The molecule has 0 aliphatic carbocycles. The number of rotatable bonds is 10. The fourth-order valence-corrected chi connectivity index (χ4v) is 3.32. The summed E-state index contributed by atoms with van der Waals surface area (Å²) >= 11 is 0. The Morgan fingerprint density at radius 1 is 1.25 bits per heavy atom. The molecule has 1 atom stereocenters. The Morgan fingerprint density at radius 2 is 1.93 bits per heavy atom. The van der Waals surface area contributed by atoms with E-state index in [4.69, 9.17) is 0 Å². The van der Waals surface area contributed by atoms with Crippen LogP contribution in [0.4, 0.5) is 5.69 Å². The van der Waals surface area contributed by atoms with Crippen molar-refractivity contribution in [3.8, 4) is 0 Å². The van der Waals surface area contributed by atoms with Crippen LogP contribution in [-0.2, 0) is 6.54 Å². The minimum Gasteiger partial charge on any atom is -0.352 e. The Labute approximate surface area is 166 Å². The Bertz CT molecular complexity index is 812. The van der Waals surface area contributed by atoms with Crippen LogP contribution in [0.1, 0.15) is 66.8 Å². The van der Waals surface area contributed by atoms with E-state index in [1.54, 1.807) is 30.7 Å². The first-order chi connectivity index (χ1) is 13.4. The summed E-state index contributed by atoms with van der Waals surface area (Å²) in [4.78, 5) is 23.1. The number of hydrogen-bond acceptors (Lipinski definition) is 4. The number of amides is 1. The highest BCUT2D eigenvalue weighted by molar-refractivity contribution is 5.94. The molecular formula is C21H30N4O3. The van der Waals surface area contributed by atoms with Gasteiger partial charge in [-0.3, -0.25) is 19.6 Å². The molecule has 0 saturated heterocycles. The molecular weight excluding hydrogens is 356 g/mol. The van der Waals surface area contributed by atoms with Crippen LogP contribution < -0.4 is 5.32 Å². The smallest absolute Gasteiger partial charge is 0.312 e. The molecule has 1 aromatic heterocycles. The van der Waals surface area contributed by atoms with Gasteiger partial charge in [-0.15, -0.1) is 0 Å². The van der Waals surface area contributed by atoms with Crippen LogP contribution in [0.3, 0.4) is 0 Å². The van der Waals surface area contributed by atoms with Gasteiger partial charge in [0, 0.05) is 12.1 Å². The second kappa shape index (κ2) is 10.0. The standard InChI is InChI=1S/C21H30N4O3/c1-5-7-8-17(6-2)13-22-21(26)19-11-9-18(10-12-19)14-24-16(4)20(25(27)28)15(3)23-24/h9-12,17H,5-8,13-14H2,1-4H3,(H,22,26). The van der Waals surface area contributed by atoms with Gasteiger partial charge in [0.25, 0.3) is 5.91 Å². The molecule has 7 heteroatoms. The van der Waals surface area contributed by atoms with Crippen molar-refractivity contribution in [2.24, 2.45) is 5.92 Å². The topological polar surface area (TPSA) is 90.1 Å². The molecule has 0 bridgehead atoms. The number of unbranched alkanes of at least 4 members (excludes halogenated alkanes) is 1. The lowest BCUT2D eigenvalue weighted by Gasteiger charge is -2.15. The van der Waals surface area contributed by atoms with E-state index in [-0.39, 0.29) is 11.6 Å². The Morgan fingerprint density at radius 3 is 2.46 bits per heavy atom. The second-order valence-corrected chi connectivity index (χ2v) is 7.26. The number of nitrogens with zero attached hydrogens (tertiary/aromatic N) is 3. The summed E-state index contributed by atoms with van der Waals surface area (Å²) in [5.41, 5.74) is 2.55. The van der Waals surface area contributed by atoms with Crippen LogP contribution >= 0.6 is 0 Å². The summed E-state index contributed by atoms with van der Waals surface area (Å²) in [6.07, 6.45) is 4.56. The predicted molar refractivity (Wildman–Crippen MR) is 110 cm³/mol. The number of carbonyl (C=O) groups excluding carboxylic acids is 1. The highest BCUT2D eigenvalue weighted by Gasteiger charge is 2.21. The zero-order chi connectivity index (χ0) is 20.7. The SMILES string of the molecule is CCCCC(CC)CNC(=O)c1ccc(Cn2nc(C)c([N+](=O)[O-])c2C)cc1. The maximum Gasteiger partial charge on any atom is 0.312 e. The van der Waals surface area contributed by atoms with E-state index in [2.05, 4.69) is 24.3 Å². The van der Waals surface area contributed by atoms with Gasteiger partial charge in [0.1, 0.15) is 11.4 Å². The zero-order valence-electron chi connectivity index (χ0n) is 17.2. The minimum absolute atomic E-state index is 0.0598. The van der Waals surface area contributed by atoms with Crippen LogP contribution in [-0.4, -0.2) is 27.2 Å². The second-order valence-electron chi connectivity index (χ2n) is 7.26. The largest absolute Gasteiger partial charge is 0.352 e. The Balaban J connectivity index is 1.99. The molecule has 0 saturated carbocycles. The van der Waals surface area contributed by atoms with Crippen molar-refractivity contribution in [2.75, 3.05) is 6.54 Å². The number of nitro groups is 1. The van der Waals surface area contributed by atoms with Crippen molar-refractivity contribution in [1.82, 2.24) is 15.1 Å². The predicted octanol–water partition coefficient (Wildman–Crippen LogP) is 4.40. The van der Waals surface area contributed by atoms with Crippen molar-refractivity contribution in [2.45, 2.75) is 59.9 Å². The first-order valence-electron chi connectivity index (χ1n) is 9.92. The lowest BCUT2D eigenvalue weighted by atomic mass is 9.99. The maximum atomic E-state index is 12.4. The third-order valence-corrected chi connectivity index (χ3v) is 5.17. The van der Waals surface area contributed by atoms with E-state index in [0.717, 1.165) is 18.4 Å². The molecule has 0 radical (unpaired) electrons. The fraction of sp³-hybridized carbons (Fsp3) is 0.524. The number of benzene rings is 1. The van der Waals surface area contributed by atoms with E-state index < -0.39 is 4.92 Å².